The Morgan fingerprint density at radius 2 is 2.19 bits per heavy atom. The van der Waals surface area contributed by atoms with Crippen LogP contribution in [-0.2, 0) is 13.0 Å². The van der Waals surface area contributed by atoms with Crippen LogP contribution in [0.15, 0.2) is 47.2 Å². The third kappa shape index (κ3) is 2.32. The summed E-state index contributed by atoms with van der Waals surface area (Å²) in [4.78, 5) is 11.7. The number of furan rings is 1. The van der Waals surface area contributed by atoms with Crippen molar-refractivity contribution in [2.45, 2.75) is 19.9 Å². The summed E-state index contributed by atoms with van der Waals surface area (Å²) in [5.74, 6) is 5.45. The summed E-state index contributed by atoms with van der Waals surface area (Å²) < 4.78 is 7.54. The highest BCUT2D eigenvalue weighted by Gasteiger charge is 2.15. The maximum atomic E-state index is 11.7. The maximum Gasteiger partial charge on any atom is 0.268 e. The van der Waals surface area contributed by atoms with E-state index < -0.39 is 0 Å². The Morgan fingerprint density at radius 3 is 2.95 bits per heavy atom. The number of benzene rings is 1. The lowest BCUT2D eigenvalue weighted by atomic mass is 10.1. The van der Waals surface area contributed by atoms with Crippen LogP contribution in [0.25, 0.3) is 10.9 Å². The van der Waals surface area contributed by atoms with Gasteiger partial charge in [-0.1, -0.05) is 25.1 Å². The van der Waals surface area contributed by atoms with Crippen molar-refractivity contribution in [1.82, 2.24) is 9.99 Å². The van der Waals surface area contributed by atoms with E-state index in [0.29, 0.717) is 17.9 Å². The van der Waals surface area contributed by atoms with Crippen molar-refractivity contribution >= 4 is 16.8 Å². The van der Waals surface area contributed by atoms with Gasteiger partial charge in [0, 0.05) is 6.20 Å². The topological polar surface area (TPSA) is 73.2 Å². The second-order valence-electron chi connectivity index (χ2n) is 4.88. The minimum Gasteiger partial charge on any atom is -0.467 e. The Hall–Kier alpha value is -2.53. The third-order valence-electron chi connectivity index (χ3n) is 3.69. The van der Waals surface area contributed by atoms with Crippen LogP contribution < -0.4 is 11.3 Å². The van der Waals surface area contributed by atoms with Gasteiger partial charge in [-0.05, 0) is 29.5 Å². The number of aromatic nitrogens is 1. The van der Waals surface area contributed by atoms with Crippen molar-refractivity contribution in [3.8, 4) is 0 Å². The van der Waals surface area contributed by atoms with E-state index in [1.54, 1.807) is 6.07 Å². The van der Waals surface area contributed by atoms with Crippen LogP contribution in [0.5, 0.6) is 0 Å². The first-order chi connectivity index (χ1) is 10.2. The van der Waals surface area contributed by atoms with E-state index in [0.717, 1.165) is 6.42 Å². The molecule has 0 bridgehead atoms. The molecule has 5 nitrogen and oxygen atoms in total. The second kappa shape index (κ2) is 5.46. The van der Waals surface area contributed by atoms with Gasteiger partial charge in [-0.15, -0.1) is 0 Å². The molecule has 5 heteroatoms. The molecule has 0 aliphatic carbocycles. The predicted molar refractivity (Wildman–Crippen MR) is 80.8 cm³/mol. The number of amides is 1. The number of aryl methyl sites for hydroxylation is 1. The number of nitrogens with two attached hydrogens (primary N) is 1. The molecule has 0 spiro atoms. The lowest BCUT2D eigenvalue weighted by Gasteiger charge is -2.08. The van der Waals surface area contributed by atoms with Crippen LogP contribution in [0.2, 0.25) is 0 Å². The number of fused-ring (bicyclic) bond motifs is 1. The second-order valence-corrected chi connectivity index (χ2v) is 4.88. The number of nitrogens with zero attached hydrogens (tertiary/aromatic N) is 1. The van der Waals surface area contributed by atoms with E-state index in [2.05, 4.69) is 41.2 Å². The van der Waals surface area contributed by atoms with Gasteiger partial charge in [0.25, 0.3) is 5.91 Å². The zero-order chi connectivity index (χ0) is 14.8. The minimum atomic E-state index is -0.342. The molecule has 0 saturated carbocycles. The molecule has 2 heterocycles. The largest absolute Gasteiger partial charge is 0.467 e. The van der Waals surface area contributed by atoms with Gasteiger partial charge in [-0.2, -0.15) is 0 Å². The number of hydrogen-bond donors (Lipinski definition) is 2. The van der Waals surface area contributed by atoms with Crippen molar-refractivity contribution < 1.29 is 9.21 Å². The molecule has 3 N–H and O–H groups in total. The lowest BCUT2D eigenvalue weighted by molar-refractivity contribution is 0.0951. The van der Waals surface area contributed by atoms with E-state index >= 15 is 0 Å². The highest BCUT2D eigenvalue weighted by Crippen LogP contribution is 2.23. The van der Waals surface area contributed by atoms with Crippen molar-refractivity contribution in [3.05, 3.63) is 59.7 Å². The van der Waals surface area contributed by atoms with Gasteiger partial charge in [-0.25, -0.2) is 5.84 Å². The Labute approximate surface area is 122 Å². The minimum absolute atomic E-state index is 0.342. The van der Waals surface area contributed by atoms with E-state index in [4.69, 9.17) is 10.3 Å². The smallest absolute Gasteiger partial charge is 0.268 e. The van der Waals surface area contributed by atoms with E-state index in [1.165, 1.54) is 22.7 Å². The van der Waals surface area contributed by atoms with E-state index in [9.17, 15) is 4.79 Å². The number of carbonyl (C=O) groups excluding carboxylic acids is 1. The average molecular weight is 283 g/mol. The molecule has 3 aromatic rings. The molecule has 0 saturated heterocycles. The molecular weight excluding hydrogens is 266 g/mol. The Morgan fingerprint density at radius 1 is 1.33 bits per heavy atom. The number of nitrogens with one attached hydrogen (secondary N) is 1. The molecule has 2 aromatic heterocycles. The maximum absolute atomic E-state index is 11.7. The molecule has 21 heavy (non-hydrogen) atoms. The van der Waals surface area contributed by atoms with E-state index in [1.807, 2.05) is 6.20 Å². The van der Waals surface area contributed by atoms with Gasteiger partial charge in [0.2, 0.25) is 0 Å². The molecular formula is C16H17N3O2. The van der Waals surface area contributed by atoms with Crippen LogP contribution in [-0.4, -0.2) is 10.5 Å². The van der Waals surface area contributed by atoms with Gasteiger partial charge in [0.15, 0.2) is 0 Å². The predicted octanol–water partition coefficient (Wildman–Crippen LogP) is 2.45. The summed E-state index contributed by atoms with van der Waals surface area (Å²) in [6, 6.07) is 9.96. The first-order valence-electron chi connectivity index (χ1n) is 6.88. The van der Waals surface area contributed by atoms with Crippen LogP contribution in [0.1, 0.15) is 28.6 Å². The third-order valence-corrected chi connectivity index (χ3v) is 3.69. The van der Waals surface area contributed by atoms with Crippen LogP contribution in [0.4, 0.5) is 0 Å². The lowest BCUT2D eigenvalue weighted by Crippen LogP contribution is -2.30. The zero-order valence-corrected chi connectivity index (χ0v) is 11.8. The Balaban J connectivity index is 2.03. The van der Waals surface area contributed by atoms with Crippen molar-refractivity contribution in [3.63, 3.8) is 0 Å². The molecule has 0 radical (unpaired) electrons. The molecule has 0 unspecified atom stereocenters. The van der Waals surface area contributed by atoms with E-state index in [-0.39, 0.29) is 5.91 Å². The van der Waals surface area contributed by atoms with Gasteiger partial charge in [0.1, 0.15) is 5.76 Å². The van der Waals surface area contributed by atoms with Crippen molar-refractivity contribution in [2.75, 3.05) is 0 Å². The monoisotopic (exact) mass is 283 g/mol. The summed E-state index contributed by atoms with van der Waals surface area (Å²) in [5, 5.41) is 1.19. The normalized spacial score (nSPS) is 11.0. The highest BCUT2D eigenvalue weighted by atomic mass is 16.3. The van der Waals surface area contributed by atoms with Gasteiger partial charge in [0.05, 0.1) is 23.9 Å². The number of hydrogen-bond acceptors (Lipinski definition) is 3. The summed E-state index contributed by atoms with van der Waals surface area (Å²) in [5.41, 5.74) is 5.05. The quantitative estimate of drug-likeness (QED) is 0.439. The number of para-hydroxylation sites is 1. The molecule has 3 rings (SSSR count). The highest BCUT2D eigenvalue weighted by molar-refractivity contribution is 5.94. The standard InChI is InChI=1S/C16H17N3O2/c1-2-11-4-3-5-12-6-8-19(15(11)12)10-14-13(7-9-21-14)16(20)18-17/h3-9H,2,10,17H2,1H3,(H,18,20). The first-order valence-corrected chi connectivity index (χ1v) is 6.88. The Bertz CT molecular complexity index is 786. The number of carbonyl (C=O) groups is 1. The summed E-state index contributed by atoms with van der Waals surface area (Å²) >= 11 is 0. The number of nitrogen functional groups attached to an aromatic ring is 1. The van der Waals surface area contributed by atoms with Gasteiger partial charge >= 0.3 is 0 Å². The first kappa shape index (κ1) is 13.5. The summed E-state index contributed by atoms with van der Waals surface area (Å²) in [6.07, 6.45) is 4.47. The summed E-state index contributed by atoms with van der Waals surface area (Å²) in [7, 11) is 0. The number of hydrazine groups is 1. The molecule has 1 aromatic carbocycles. The fourth-order valence-corrected chi connectivity index (χ4v) is 2.66. The van der Waals surface area contributed by atoms with Crippen LogP contribution in [0, 0.1) is 0 Å². The fourth-order valence-electron chi connectivity index (χ4n) is 2.66. The molecule has 1 amide bonds. The number of rotatable bonds is 4. The Kier molecular flexibility index (Phi) is 3.50. The summed E-state index contributed by atoms with van der Waals surface area (Å²) in [6.45, 7) is 2.63. The fraction of sp³-hybridized carbons (Fsp3) is 0.188. The molecule has 108 valence electrons. The molecule has 0 aliphatic heterocycles. The molecule has 0 atom stereocenters. The SMILES string of the molecule is CCc1cccc2ccn(Cc3occc3C(=O)NN)c12. The van der Waals surface area contributed by atoms with Crippen LogP contribution >= 0.6 is 0 Å². The van der Waals surface area contributed by atoms with Crippen molar-refractivity contribution in [2.24, 2.45) is 5.84 Å². The van der Waals surface area contributed by atoms with Gasteiger partial charge < -0.3 is 8.98 Å². The molecule has 0 aliphatic rings. The zero-order valence-electron chi connectivity index (χ0n) is 11.8. The van der Waals surface area contributed by atoms with Crippen LogP contribution in [0.3, 0.4) is 0 Å². The molecule has 0 fully saturated rings. The average Bonchev–Trinajstić information content (AvgIpc) is 3.14. The van der Waals surface area contributed by atoms with Crippen molar-refractivity contribution in [1.29, 1.82) is 0 Å². The van der Waals surface area contributed by atoms with Gasteiger partial charge in [-0.3, -0.25) is 10.2 Å².